The number of aromatic carboxylic acids is 1. The molecule has 5 nitrogen and oxygen atoms in total. The van der Waals surface area contributed by atoms with E-state index >= 15 is 0 Å². The van der Waals surface area contributed by atoms with E-state index in [1.54, 1.807) is 19.2 Å². The van der Waals surface area contributed by atoms with Crippen LogP contribution < -0.4 is 10.6 Å². The predicted octanol–water partition coefficient (Wildman–Crippen LogP) is 1.70. The quantitative estimate of drug-likeness (QED) is 0.773. The Bertz CT molecular complexity index is 435. The Kier molecular flexibility index (Phi) is 5.11. The first kappa shape index (κ1) is 13.7. The Morgan fingerprint density at radius 2 is 2.12 bits per heavy atom. The number of amides is 1. The van der Waals surface area contributed by atoms with E-state index < -0.39 is 5.97 Å². The minimum atomic E-state index is -1.07. The number of carboxylic acids is 1. The molecule has 0 aromatic heterocycles. The Hall–Kier alpha value is -1.40. The third-order valence-electron chi connectivity index (χ3n) is 2.09. The summed E-state index contributed by atoms with van der Waals surface area (Å²) in [5, 5.41) is 14.4. The van der Waals surface area contributed by atoms with Gasteiger partial charge in [0.05, 0.1) is 11.3 Å². The van der Waals surface area contributed by atoms with Crippen molar-refractivity contribution in [2.75, 3.05) is 18.9 Å². The van der Waals surface area contributed by atoms with E-state index in [2.05, 4.69) is 26.6 Å². The van der Waals surface area contributed by atoms with E-state index in [9.17, 15) is 9.59 Å². The highest BCUT2D eigenvalue weighted by Gasteiger charge is 2.12. The van der Waals surface area contributed by atoms with Crippen molar-refractivity contribution in [3.63, 3.8) is 0 Å². The summed E-state index contributed by atoms with van der Waals surface area (Å²) in [5.74, 6) is -1.29. The molecular weight excluding hydrogens is 288 g/mol. The first-order chi connectivity index (χ1) is 8.04. The number of nitrogens with one attached hydrogen (secondary N) is 2. The molecule has 0 aliphatic rings. The summed E-state index contributed by atoms with van der Waals surface area (Å²) in [6, 6.07) is 4.70. The first-order valence-corrected chi connectivity index (χ1v) is 5.81. The predicted molar refractivity (Wildman–Crippen MR) is 68.3 cm³/mol. The zero-order valence-corrected chi connectivity index (χ0v) is 10.9. The molecule has 0 unspecified atom stereocenters. The topological polar surface area (TPSA) is 78.4 Å². The third-order valence-corrected chi connectivity index (χ3v) is 2.58. The lowest BCUT2D eigenvalue weighted by Gasteiger charge is -2.08. The van der Waals surface area contributed by atoms with Gasteiger partial charge in [0.25, 0.3) is 0 Å². The minimum absolute atomic E-state index is 0.0668. The summed E-state index contributed by atoms with van der Waals surface area (Å²) < 4.78 is 0.656. The van der Waals surface area contributed by atoms with E-state index in [-0.39, 0.29) is 11.5 Å². The Labute approximate surface area is 107 Å². The van der Waals surface area contributed by atoms with Gasteiger partial charge in [0, 0.05) is 17.4 Å². The molecule has 6 heteroatoms. The number of benzene rings is 1. The van der Waals surface area contributed by atoms with Gasteiger partial charge in [0.2, 0.25) is 5.91 Å². The lowest BCUT2D eigenvalue weighted by Crippen LogP contribution is -2.20. The van der Waals surface area contributed by atoms with Gasteiger partial charge in [-0.1, -0.05) is 15.9 Å². The van der Waals surface area contributed by atoms with Crippen LogP contribution in [0.25, 0.3) is 0 Å². The van der Waals surface area contributed by atoms with Gasteiger partial charge in [-0.2, -0.15) is 0 Å². The van der Waals surface area contributed by atoms with Gasteiger partial charge in [-0.15, -0.1) is 0 Å². The molecule has 1 aromatic carbocycles. The molecule has 1 aromatic rings. The average Bonchev–Trinajstić information content (AvgIpc) is 2.28. The highest BCUT2D eigenvalue weighted by Crippen LogP contribution is 2.21. The van der Waals surface area contributed by atoms with Crippen LogP contribution in [0.15, 0.2) is 22.7 Å². The molecule has 3 N–H and O–H groups in total. The Morgan fingerprint density at radius 1 is 1.41 bits per heavy atom. The molecular formula is C11H13BrN2O3. The molecule has 1 amide bonds. The van der Waals surface area contributed by atoms with Crippen LogP contribution in [0.2, 0.25) is 0 Å². The fourth-order valence-corrected chi connectivity index (χ4v) is 1.61. The SMILES string of the molecule is CNCCC(=O)Nc1ccc(Br)cc1C(=O)O. The van der Waals surface area contributed by atoms with Crippen molar-refractivity contribution in [2.45, 2.75) is 6.42 Å². The molecule has 0 aliphatic heterocycles. The lowest BCUT2D eigenvalue weighted by molar-refractivity contribution is -0.116. The van der Waals surface area contributed by atoms with Crippen LogP contribution in [-0.4, -0.2) is 30.6 Å². The summed E-state index contributed by atoms with van der Waals surface area (Å²) in [6.45, 7) is 0.546. The number of carbonyl (C=O) groups is 2. The minimum Gasteiger partial charge on any atom is -0.478 e. The first-order valence-electron chi connectivity index (χ1n) is 5.02. The number of hydrogen-bond donors (Lipinski definition) is 3. The number of carbonyl (C=O) groups excluding carboxylic acids is 1. The van der Waals surface area contributed by atoms with Crippen LogP contribution in [0, 0.1) is 0 Å². The molecule has 0 saturated heterocycles. The molecule has 0 radical (unpaired) electrons. The number of anilines is 1. The zero-order valence-electron chi connectivity index (χ0n) is 9.29. The smallest absolute Gasteiger partial charge is 0.337 e. The van der Waals surface area contributed by atoms with Crippen LogP contribution in [0.1, 0.15) is 16.8 Å². The molecule has 0 bridgehead atoms. The van der Waals surface area contributed by atoms with E-state index in [1.165, 1.54) is 6.07 Å². The zero-order chi connectivity index (χ0) is 12.8. The molecule has 0 atom stereocenters. The molecule has 0 spiro atoms. The summed E-state index contributed by atoms with van der Waals surface area (Å²) in [4.78, 5) is 22.5. The van der Waals surface area contributed by atoms with Crippen LogP contribution >= 0.6 is 15.9 Å². The van der Waals surface area contributed by atoms with Crippen molar-refractivity contribution in [2.24, 2.45) is 0 Å². The molecule has 0 fully saturated rings. The van der Waals surface area contributed by atoms with Crippen molar-refractivity contribution in [1.82, 2.24) is 5.32 Å². The van der Waals surface area contributed by atoms with Gasteiger partial charge in [-0.05, 0) is 25.2 Å². The summed E-state index contributed by atoms with van der Waals surface area (Å²) >= 11 is 3.19. The second-order valence-corrected chi connectivity index (χ2v) is 4.31. The molecule has 0 aliphatic carbocycles. The van der Waals surface area contributed by atoms with Crippen LogP contribution in [0.5, 0.6) is 0 Å². The second kappa shape index (κ2) is 6.36. The number of hydrogen-bond acceptors (Lipinski definition) is 3. The van der Waals surface area contributed by atoms with Crippen molar-refractivity contribution < 1.29 is 14.7 Å². The normalized spacial score (nSPS) is 10.0. The van der Waals surface area contributed by atoms with E-state index in [1.807, 2.05) is 0 Å². The van der Waals surface area contributed by atoms with Crippen molar-refractivity contribution >= 4 is 33.5 Å². The van der Waals surface area contributed by atoms with Gasteiger partial charge in [-0.25, -0.2) is 4.79 Å². The maximum absolute atomic E-state index is 11.5. The summed E-state index contributed by atoms with van der Waals surface area (Å²) in [7, 11) is 1.75. The van der Waals surface area contributed by atoms with Crippen LogP contribution in [-0.2, 0) is 4.79 Å². The van der Waals surface area contributed by atoms with Crippen molar-refractivity contribution in [1.29, 1.82) is 0 Å². The maximum atomic E-state index is 11.5. The lowest BCUT2D eigenvalue weighted by atomic mass is 10.2. The van der Waals surface area contributed by atoms with Crippen LogP contribution in [0.3, 0.4) is 0 Å². The second-order valence-electron chi connectivity index (χ2n) is 3.40. The third kappa shape index (κ3) is 4.16. The molecule has 0 saturated carbocycles. The molecule has 1 rings (SSSR count). The maximum Gasteiger partial charge on any atom is 0.337 e. The number of halogens is 1. The van der Waals surface area contributed by atoms with E-state index in [4.69, 9.17) is 5.11 Å². The Balaban J connectivity index is 2.83. The monoisotopic (exact) mass is 300 g/mol. The van der Waals surface area contributed by atoms with Crippen molar-refractivity contribution in [3.05, 3.63) is 28.2 Å². The van der Waals surface area contributed by atoms with Gasteiger partial charge in [0.1, 0.15) is 0 Å². The molecule has 92 valence electrons. The number of carboxylic acid groups (broad SMARTS) is 1. The largest absolute Gasteiger partial charge is 0.478 e. The molecule has 17 heavy (non-hydrogen) atoms. The molecule has 0 heterocycles. The van der Waals surface area contributed by atoms with Gasteiger partial charge in [-0.3, -0.25) is 4.79 Å². The fourth-order valence-electron chi connectivity index (χ4n) is 1.25. The van der Waals surface area contributed by atoms with Crippen LogP contribution in [0.4, 0.5) is 5.69 Å². The Morgan fingerprint density at radius 3 is 2.71 bits per heavy atom. The van der Waals surface area contributed by atoms with E-state index in [0.29, 0.717) is 23.1 Å². The summed E-state index contributed by atoms with van der Waals surface area (Å²) in [6.07, 6.45) is 0.297. The highest BCUT2D eigenvalue weighted by molar-refractivity contribution is 9.10. The highest BCUT2D eigenvalue weighted by atomic mass is 79.9. The summed E-state index contributed by atoms with van der Waals surface area (Å²) in [5.41, 5.74) is 0.374. The van der Waals surface area contributed by atoms with Gasteiger partial charge >= 0.3 is 5.97 Å². The van der Waals surface area contributed by atoms with Crippen molar-refractivity contribution in [3.8, 4) is 0 Å². The van der Waals surface area contributed by atoms with Gasteiger partial charge in [0.15, 0.2) is 0 Å². The average molecular weight is 301 g/mol. The standard InChI is InChI=1S/C11H13BrN2O3/c1-13-5-4-10(15)14-9-3-2-7(12)6-8(9)11(16)17/h2-3,6,13H,4-5H2,1H3,(H,14,15)(H,16,17). The fraction of sp³-hybridized carbons (Fsp3) is 0.273. The van der Waals surface area contributed by atoms with E-state index in [0.717, 1.165) is 0 Å². The number of rotatable bonds is 5. The van der Waals surface area contributed by atoms with Gasteiger partial charge < -0.3 is 15.7 Å².